The van der Waals surface area contributed by atoms with Crippen LogP contribution in [0, 0.1) is 5.92 Å². The van der Waals surface area contributed by atoms with Crippen LogP contribution < -0.4 is 5.73 Å². The Kier molecular flexibility index (Phi) is 5.74. The summed E-state index contributed by atoms with van der Waals surface area (Å²) in [6.07, 6.45) is 5.29. The third-order valence-electron chi connectivity index (χ3n) is 4.34. The maximum absolute atomic E-state index is 12.7. The van der Waals surface area contributed by atoms with Gasteiger partial charge in [-0.1, -0.05) is 6.92 Å². The molecule has 1 aromatic heterocycles. The highest BCUT2D eigenvalue weighted by molar-refractivity contribution is 5.94. The lowest BCUT2D eigenvalue weighted by Crippen LogP contribution is -2.49. The Hall–Kier alpha value is -1.92. The van der Waals surface area contributed by atoms with E-state index < -0.39 is 0 Å². The molecule has 0 bridgehead atoms. The molecular formula is C16H22ClN5O. The van der Waals surface area contributed by atoms with E-state index in [-0.39, 0.29) is 24.4 Å². The number of amides is 1. The van der Waals surface area contributed by atoms with Crippen molar-refractivity contribution in [3.8, 4) is 5.69 Å². The van der Waals surface area contributed by atoms with Crippen molar-refractivity contribution < 1.29 is 4.79 Å². The largest absolute Gasteiger partial charge is 0.334 e. The fourth-order valence-electron chi connectivity index (χ4n) is 3.02. The Labute approximate surface area is 142 Å². The molecule has 2 heterocycles. The van der Waals surface area contributed by atoms with Crippen LogP contribution in [0.5, 0.6) is 0 Å². The molecule has 1 aromatic carbocycles. The molecular weight excluding hydrogens is 314 g/mol. The molecule has 1 saturated heterocycles. The van der Waals surface area contributed by atoms with Gasteiger partial charge in [-0.3, -0.25) is 9.36 Å². The number of likely N-dealkylation sites (tertiary alicyclic amines) is 1. The number of halogens is 1. The maximum Gasteiger partial charge on any atom is 0.254 e. The summed E-state index contributed by atoms with van der Waals surface area (Å²) in [4.78, 5) is 14.6. The molecule has 1 fully saturated rings. The quantitative estimate of drug-likeness (QED) is 0.929. The lowest BCUT2D eigenvalue weighted by molar-refractivity contribution is 0.0573. The minimum absolute atomic E-state index is 0. The van der Waals surface area contributed by atoms with Gasteiger partial charge in [0.25, 0.3) is 5.91 Å². The first-order valence-electron chi connectivity index (χ1n) is 7.65. The van der Waals surface area contributed by atoms with Gasteiger partial charge in [0.2, 0.25) is 0 Å². The molecule has 0 radical (unpaired) electrons. The summed E-state index contributed by atoms with van der Waals surface area (Å²) < 4.78 is 1.81. The van der Waals surface area contributed by atoms with Gasteiger partial charge >= 0.3 is 0 Å². The number of nitrogens with two attached hydrogens (primary N) is 1. The zero-order valence-corrected chi connectivity index (χ0v) is 13.9. The molecule has 2 N–H and O–H groups in total. The van der Waals surface area contributed by atoms with Crippen LogP contribution in [0.2, 0.25) is 0 Å². The number of aromatic nitrogens is 3. The highest BCUT2D eigenvalue weighted by Gasteiger charge is 2.29. The van der Waals surface area contributed by atoms with E-state index in [0.29, 0.717) is 18.0 Å². The second kappa shape index (κ2) is 7.57. The number of rotatable bonds is 3. The Balaban J connectivity index is 0.00000192. The zero-order chi connectivity index (χ0) is 15.5. The van der Waals surface area contributed by atoms with Gasteiger partial charge in [-0.2, -0.15) is 0 Å². The monoisotopic (exact) mass is 335 g/mol. The van der Waals surface area contributed by atoms with Crippen molar-refractivity contribution in [1.29, 1.82) is 0 Å². The molecule has 0 saturated carbocycles. The van der Waals surface area contributed by atoms with E-state index in [0.717, 1.165) is 25.1 Å². The summed E-state index contributed by atoms with van der Waals surface area (Å²) in [6.45, 7) is 3.53. The minimum atomic E-state index is 0. The van der Waals surface area contributed by atoms with Crippen LogP contribution in [0.15, 0.2) is 36.9 Å². The summed E-state index contributed by atoms with van der Waals surface area (Å²) in [5, 5.41) is 7.56. The summed E-state index contributed by atoms with van der Waals surface area (Å²) in [7, 11) is 0. The Morgan fingerprint density at radius 1 is 1.26 bits per heavy atom. The number of benzene rings is 1. The zero-order valence-electron chi connectivity index (χ0n) is 13.1. The second-order valence-corrected chi connectivity index (χ2v) is 5.93. The molecule has 124 valence electrons. The molecule has 2 unspecified atom stereocenters. The summed E-state index contributed by atoms with van der Waals surface area (Å²) in [6, 6.07) is 7.65. The van der Waals surface area contributed by atoms with Gasteiger partial charge < -0.3 is 10.6 Å². The lowest BCUT2D eigenvalue weighted by Gasteiger charge is -2.38. The van der Waals surface area contributed by atoms with E-state index in [9.17, 15) is 4.79 Å². The van der Waals surface area contributed by atoms with Crippen LogP contribution in [-0.4, -0.2) is 44.7 Å². The van der Waals surface area contributed by atoms with Gasteiger partial charge in [0, 0.05) is 30.4 Å². The maximum atomic E-state index is 12.7. The standard InChI is InChI=1S/C16H21N5O.ClH/c1-12-6-7-21(15(8-12)9-17)16(22)13-2-4-14(5-3-13)20-10-18-19-11-20;/h2-5,10-12,15H,6-9,17H2,1H3;1H. The van der Waals surface area contributed by atoms with E-state index in [4.69, 9.17) is 5.73 Å². The van der Waals surface area contributed by atoms with Gasteiger partial charge in [0.1, 0.15) is 12.7 Å². The van der Waals surface area contributed by atoms with Crippen LogP contribution in [0.1, 0.15) is 30.1 Å². The molecule has 1 aliphatic heterocycles. The van der Waals surface area contributed by atoms with Crippen LogP contribution in [0.25, 0.3) is 5.69 Å². The van der Waals surface area contributed by atoms with Gasteiger partial charge in [-0.25, -0.2) is 0 Å². The average Bonchev–Trinajstić information content (AvgIpc) is 3.08. The summed E-state index contributed by atoms with van der Waals surface area (Å²) in [5.74, 6) is 0.700. The Morgan fingerprint density at radius 3 is 2.52 bits per heavy atom. The normalized spacial score (nSPS) is 20.9. The number of carbonyl (C=O) groups is 1. The number of piperidine rings is 1. The molecule has 2 atom stereocenters. The molecule has 3 rings (SSSR count). The van der Waals surface area contributed by atoms with Crippen molar-refractivity contribution in [2.24, 2.45) is 11.7 Å². The van der Waals surface area contributed by atoms with Gasteiger partial charge in [-0.05, 0) is 43.0 Å². The van der Waals surface area contributed by atoms with E-state index in [1.807, 2.05) is 29.2 Å². The van der Waals surface area contributed by atoms with E-state index >= 15 is 0 Å². The molecule has 0 spiro atoms. The molecule has 6 nitrogen and oxygen atoms in total. The fourth-order valence-corrected chi connectivity index (χ4v) is 3.02. The predicted molar refractivity (Wildman–Crippen MR) is 90.9 cm³/mol. The van der Waals surface area contributed by atoms with Crippen molar-refractivity contribution in [1.82, 2.24) is 19.7 Å². The van der Waals surface area contributed by atoms with Gasteiger partial charge in [0.05, 0.1) is 0 Å². The molecule has 23 heavy (non-hydrogen) atoms. The number of hydrogen-bond acceptors (Lipinski definition) is 4. The summed E-state index contributed by atoms with van der Waals surface area (Å²) in [5.41, 5.74) is 7.48. The van der Waals surface area contributed by atoms with Crippen molar-refractivity contribution in [3.63, 3.8) is 0 Å². The van der Waals surface area contributed by atoms with Gasteiger partial charge in [0.15, 0.2) is 0 Å². The van der Waals surface area contributed by atoms with Crippen molar-refractivity contribution in [3.05, 3.63) is 42.5 Å². The first-order chi connectivity index (χ1) is 10.7. The van der Waals surface area contributed by atoms with Crippen molar-refractivity contribution in [2.75, 3.05) is 13.1 Å². The van der Waals surface area contributed by atoms with Crippen LogP contribution in [-0.2, 0) is 0 Å². The van der Waals surface area contributed by atoms with Crippen molar-refractivity contribution in [2.45, 2.75) is 25.8 Å². The predicted octanol–water partition coefficient (Wildman–Crippen LogP) is 1.89. The highest BCUT2D eigenvalue weighted by atomic mass is 35.5. The van der Waals surface area contributed by atoms with Crippen LogP contribution in [0.3, 0.4) is 0 Å². The average molecular weight is 336 g/mol. The van der Waals surface area contributed by atoms with Crippen LogP contribution in [0.4, 0.5) is 0 Å². The molecule has 7 heteroatoms. The van der Waals surface area contributed by atoms with Gasteiger partial charge in [-0.15, -0.1) is 22.6 Å². The van der Waals surface area contributed by atoms with E-state index in [1.54, 1.807) is 17.2 Å². The van der Waals surface area contributed by atoms with Crippen LogP contribution >= 0.6 is 12.4 Å². The van der Waals surface area contributed by atoms with E-state index in [1.165, 1.54) is 0 Å². The van der Waals surface area contributed by atoms with E-state index in [2.05, 4.69) is 17.1 Å². The fraction of sp³-hybridized carbons (Fsp3) is 0.438. The number of nitrogens with zero attached hydrogens (tertiary/aromatic N) is 4. The summed E-state index contributed by atoms with van der Waals surface area (Å²) >= 11 is 0. The first-order valence-corrected chi connectivity index (χ1v) is 7.65. The topological polar surface area (TPSA) is 77.0 Å². The molecule has 2 aromatic rings. The third kappa shape index (κ3) is 3.71. The Bertz CT molecular complexity index is 628. The number of hydrogen-bond donors (Lipinski definition) is 1. The van der Waals surface area contributed by atoms with Crippen molar-refractivity contribution >= 4 is 18.3 Å². The minimum Gasteiger partial charge on any atom is -0.334 e. The third-order valence-corrected chi connectivity index (χ3v) is 4.34. The molecule has 1 aliphatic rings. The Morgan fingerprint density at radius 2 is 1.91 bits per heavy atom. The second-order valence-electron chi connectivity index (χ2n) is 5.93. The number of carbonyl (C=O) groups excluding carboxylic acids is 1. The SMILES string of the molecule is CC1CCN(C(=O)c2ccc(-n3cnnc3)cc2)C(CN)C1.Cl. The highest BCUT2D eigenvalue weighted by Crippen LogP contribution is 2.24. The molecule has 1 amide bonds. The smallest absolute Gasteiger partial charge is 0.254 e. The molecule has 0 aliphatic carbocycles. The lowest BCUT2D eigenvalue weighted by atomic mass is 9.92. The first kappa shape index (κ1) is 17.4.